The molecule has 0 radical (unpaired) electrons. The Bertz CT molecular complexity index is 627. The Morgan fingerprint density at radius 2 is 1.96 bits per heavy atom. The van der Waals surface area contributed by atoms with Crippen molar-refractivity contribution >= 4 is 11.9 Å². The number of hydrogen-bond acceptors (Lipinski definition) is 5. The summed E-state index contributed by atoms with van der Waals surface area (Å²) in [5.41, 5.74) is -0.0507. The summed E-state index contributed by atoms with van der Waals surface area (Å²) in [5, 5.41) is 9.18. The van der Waals surface area contributed by atoms with E-state index >= 15 is 0 Å². The normalized spacial score (nSPS) is 21.7. The number of aromatic nitrogens is 1. The first-order valence-electron chi connectivity index (χ1n) is 8.28. The van der Waals surface area contributed by atoms with E-state index in [0.717, 1.165) is 38.9 Å². The summed E-state index contributed by atoms with van der Waals surface area (Å²) in [5.74, 6) is -0.627. The number of likely N-dealkylation sites (tertiary alicyclic amines) is 1. The SMILES string of the molecule is COc1cc(C(=O)O)nc(C(=O)N2CCCC2C2CCOCC2)c1. The summed E-state index contributed by atoms with van der Waals surface area (Å²) in [7, 11) is 1.44. The topological polar surface area (TPSA) is 89.0 Å². The van der Waals surface area contributed by atoms with Gasteiger partial charge >= 0.3 is 5.97 Å². The van der Waals surface area contributed by atoms with E-state index in [0.29, 0.717) is 18.2 Å². The van der Waals surface area contributed by atoms with Crippen molar-refractivity contribution in [1.29, 1.82) is 0 Å². The van der Waals surface area contributed by atoms with Gasteiger partial charge in [-0.1, -0.05) is 0 Å². The Morgan fingerprint density at radius 1 is 1.25 bits per heavy atom. The molecule has 3 rings (SSSR count). The molecule has 1 atom stereocenters. The van der Waals surface area contributed by atoms with Gasteiger partial charge in [0.05, 0.1) is 7.11 Å². The van der Waals surface area contributed by atoms with Crippen molar-refractivity contribution in [3.63, 3.8) is 0 Å². The molecule has 24 heavy (non-hydrogen) atoms. The van der Waals surface area contributed by atoms with E-state index in [2.05, 4.69) is 4.98 Å². The molecule has 1 amide bonds. The number of pyridine rings is 1. The zero-order valence-electron chi connectivity index (χ0n) is 13.7. The fraction of sp³-hybridized carbons (Fsp3) is 0.588. The molecule has 7 heteroatoms. The predicted octanol–water partition coefficient (Wildman–Crippen LogP) is 1.82. The lowest BCUT2D eigenvalue weighted by atomic mass is 9.90. The first-order valence-corrected chi connectivity index (χ1v) is 8.28. The van der Waals surface area contributed by atoms with Crippen molar-refractivity contribution in [1.82, 2.24) is 9.88 Å². The van der Waals surface area contributed by atoms with Gasteiger partial charge in [-0.2, -0.15) is 0 Å². The zero-order chi connectivity index (χ0) is 17.1. The molecule has 2 fully saturated rings. The molecular weight excluding hydrogens is 312 g/mol. The molecule has 0 bridgehead atoms. The molecule has 2 aliphatic rings. The fourth-order valence-corrected chi connectivity index (χ4v) is 3.62. The van der Waals surface area contributed by atoms with Crippen molar-refractivity contribution < 1.29 is 24.2 Å². The standard InChI is InChI=1S/C17H22N2O5/c1-23-12-9-13(18-14(10-12)17(21)22)16(20)19-6-2-3-15(19)11-4-7-24-8-5-11/h9-11,15H,2-8H2,1H3,(H,21,22). The van der Waals surface area contributed by atoms with Crippen LogP contribution in [0.5, 0.6) is 5.75 Å². The highest BCUT2D eigenvalue weighted by molar-refractivity contribution is 5.95. The van der Waals surface area contributed by atoms with Crippen LogP contribution in [0.1, 0.15) is 46.7 Å². The maximum Gasteiger partial charge on any atom is 0.354 e. The summed E-state index contributed by atoms with van der Waals surface area (Å²) in [6.45, 7) is 2.16. The van der Waals surface area contributed by atoms with Crippen LogP contribution >= 0.6 is 0 Å². The van der Waals surface area contributed by atoms with Crippen LogP contribution in [-0.2, 0) is 4.74 Å². The molecule has 1 aromatic rings. The lowest BCUT2D eigenvalue weighted by Crippen LogP contribution is -2.42. The molecule has 2 aliphatic heterocycles. The Morgan fingerprint density at radius 3 is 2.62 bits per heavy atom. The van der Waals surface area contributed by atoms with Crippen molar-refractivity contribution in [2.75, 3.05) is 26.9 Å². The number of carbonyl (C=O) groups is 2. The van der Waals surface area contributed by atoms with E-state index in [4.69, 9.17) is 9.47 Å². The van der Waals surface area contributed by atoms with E-state index < -0.39 is 5.97 Å². The number of aromatic carboxylic acids is 1. The minimum Gasteiger partial charge on any atom is -0.497 e. The summed E-state index contributed by atoms with van der Waals surface area (Å²) >= 11 is 0. The Hall–Kier alpha value is -2.15. The van der Waals surface area contributed by atoms with Gasteiger partial charge in [-0.3, -0.25) is 4.79 Å². The molecule has 0 saturated carbocycles. The van der Waals surface area contributed by atoms with Crippen molar-refractivity contribution in [3.05, 3.63) is 23.5 Å². The highest BCUT2D eigenvalue weighted by Gasteiger charge is 2.36. The van der Waals surface area contributed by atoms with Crippen LogP contribution in [0.4, 0.5) is 0 Å². The fourth-order valence-electron chi connectivity index (χ4n) is 3.62. The van der Waals surface area contributed by atoms with Gasteiger partial charge in [0, 0.05) is 37.9 Å². The Kier molecular flexibility index (Phi) is 4.99. The molecule has 0 aromatic carbocycles. The number of carboxylic acid groups (broad SMARTS) is 1. The molecular formula is C17H22N2O5. The zero-order valence-corrected chi connectivity index (χ0v) is 13.7. The van der Waals surface area contributed by atoms with Crippen molar-refractivity contribution in [2.45, 2.75) is 31.7 Å². The molecule has 0 aliphatic carbocycles. The van der Waals surface area contributed by atoms with Crippen LogP contribution in [0.25, 0.3) is 0 Å². The monoisotopic (exact) mass is 334 g/mol. The largest absolute Gasteiger partial charge is 0.497 e. The van der Waals surface area contributed by atoms with E-state index in [9.17, 15) is 14.7 Å². The van der Waals surface area contributed by atoms with Gasteiger partial charge in [0.25, 0.3) is 5.91 Å². The molecule has 0 spiro atoms. The number of amides is 1. The van der Waals surface area contributed by atoms with Crippen LogP contribution in [-0.4, -0.2) is 59.8 Å². The number of carboxylic acids is 1. The lowest BCUT2D eigenvalue weighted by molar-refractivity contribution is 0.0320. The number of hydrogen-bond donors (Lipinski definition) is 1. The highest BCUT2D eigenvalue weighted by atomic mass is 16.5. The van der Waals surface area contributed by atoms with E-state index in [-0.39, 0.29) is 23.3 Å². The van der Waals surface area contributed by atoms with Crippen LogP contribution in [0.2, 0.25) is 0 Å². The van der Waals surface area contributed by atoms with Gasteiger partial charge in [-0.05, 0) is 31.6 Å². The highest BCUT2D eigenvalue weighted by Crippen LogP contribution is 2.31. The minimum absolute atomic E-state index is 0.130. The summed E-state index contributed by atoms with van der Waals surface area (Å²) in [6, 6.07) is 3.01. The van der Waals surface area contributed by atoms with Crippen LogP contribution in [0.3, 0.4) is 0 Å². The number of methoxy groups -OCH3 is 1. The van der Waals surface area contributed by atoms with Crippen LogP contribution in [0.15, 0.2) is 12.1 Å². The number of nitrogens with zero attached hydrogens (tertiary/aromatic N) is 2. The van der Waals surface area contributed by atoms with Gasteiger partial charge < -0.3 is 19.5 Å². The van der Waals surface area contributed by atoms with E-state index in [1.165, 1.54) is 19.2 Å². The van der Waals surface area contributed by atoms with Gasteiger partial charge in [-0.25, -0.2) is 9.78 Å². The second-order valence-corrected chi connectivity index (χ2v) is 6.24. The van der Waals surface area contributed by atoms with Gasteiger partial charge in [0.15, 0.2) is 5.69 Å². The molecule has 130 valence electrons. The summed E-state index contributed by atoms with van der Waals surface area (Å²) in [4.78, 5) is 30.0. The lowest BCUT2D eigenvalue weighted by Gasteiger charge is -2.33. The molecule has 1 unspecified atom stereocenters. The van der Waals surface area contributed by atoms with Gasteiger partial charge in [0.2, 0.25) is 0 Å². The number of rotatable bonds is 4. The van der Waals surface area contributed by atoms with Gasteiger partial charge in [0.1, 0.15) is 11.4 Å². The molecule has 1 aromatic heterocycles. The predicted molar refractivity (Wildman–Crippen MR) is 85.3 cm³/mol. The van der Waals surface area contributed by atoms with Crippen LogP contribution in [0, 0.1) is 5.92 Å². The third-order valence-electron chi connectivity index (χ3n) is 4.84. The maximum absolute atomic E-state index is 12.9. The van der Waals surface area contributed by atoms with Crippen LogP contribution < -0.4 is 4.74 Å². The van der Waals surface area contributed by atoms with E-state index in [1.807, 2.05) is 4.90 Å². The Labute approximate surface area is 140 Å². The average Bonchev–Trinajstić information content (AvgIpc) is 3.11. The maximum atomic E-state index is 12.9. The third kappa shape index (κ3) is 3.36. The van der Waals surface area contributed by atoms with Crippen molar-refractivity contribution in [2.24, 2.45) is 5.92 Å². The Balaban J connectivity index is 1.84. The third-order valence-corrected chi connectivity index (χ3v) is 4.84. The number of ether oxygens (including phenoxy) is 2. The first kappa shape index (κ1) is 16.7. The second-order valence-electron chi connectivity index (χ2n) is 6.24. The summed E-state index contributed by atoms with van der Waals surface area (Å²) < 4.78 is 10.5. The van der Waals surface area contributed by atoms with Gasteiger partial charge in [-0.15, -0.1) is 0 Å². The van der Waals surface area contributed by atoms with Crippen molar-refractivity contribution in [3.8, 4) is 5.75 Å². The molecule has 1 N–H and O–H groups in total. The first-order chi connectivity index (χ1) is 11.6. The smallest absolute Gasteiger partial charge is 0.354 e. The minimum atomic E-state index is -1.18. The molecule has 7 nitrogen and oxygen atoms in total. The quantitative estimate of drug-likeness (QED) is 0.903. The number of carbonyl (C=O) groups excluding carboxylic acids is 1. The van der Waals surface area contributed by atoms with E-state index in [1.54, 1.807) is 0 Å². The molecule has 2 saturated heterocycles. The second kappa shape index (κ2) is 7.17. The average molecular weight is 334 g/mol. The summed E-state index contributed by atoms with van der Waals surface area (Å²) in [6.07, 6.45) is 3.86. The molecule has 3 heterocycles.